The van der Waals surface area contributed by atoms with Crippen molar-refractivity contribution in [3.8, 4) is 0 Å². The standard InChI is InChI=1S/C14H25N3OS/c1-12-16-10-14(19-12)9-15-6-2-3-7-17-8-4-5-13(17)11-18/h10,13,15,18H,2-9,11H2,1H3. The third-order valence-corrected chi connectivity index (χ3v) is 4.64. The summed E-state index contributed by atoms with van der Waals surface area (Å²) < 4.78 is 0. The minimum atomic E-state index is 0.322. The molecule has 0 radical (unpaired) electrons. The fraction of sp³-hybridized carbons (Fsp3) is 0.786. The summed E-state index contributed by atoms with van der Waals surface area (Å²) in [7, 11) is 0. The highest BCUT2D eigenvalue weighted by Crippen LogP contribution is 2.16. The van der Waals surface area contributed by atoms with E-state index in [2.05, 4.69) is 15.2 Å². The van der Waals surface area contributed by atoms with Crippen LogP contribution in [0.25, 0.3) is 0 Å². The van der Waals surface area contributed by atoms with Crippen LogP contribution in [0.4, 0.5) is 0 Å². The second-order valence-corrected chi connectivity index (χ2v) is 6.56. The van der Waals surface area contributed by atoms with Gasteiger partial charge in [-0.25, -0.2) is 4.98 Å². The number of hydrogen-bond acceptors (Lipinski definition) is 5. The van der Waals surface area contributed by atoms with Gasteiger partial charge in [-0.05, 0) is 52.2 Å². The van der Waals surface area contributed by atoms with E-state index < -0.39 is 0 Å². The molecule has 1 unspecified atom stereocenters. The molecule has 4 nitrogen and oxygen atoms in total. The molecule has 2 heterocycles. The van der Waals surface area contributed by atoms with Crippen LogP contribution in [0, 0.1) is 6.92 Å². The molecule has 0 spiro atoms. The van der Waals surface area contributed by atoms with E-state index in [-0.39, 0.29) is 0 Å². The lowest BCUT2D eigenvalue weighted by Crippen LogP contribution is -2.33. The number of hydrogen-bond donors (Lipinski definition) is 2. The predicted molar refractivity (Wildman–Crippen MR) is 79.5 cm³/mol. The normalized spacial score (nSPS) is 20.2. The minimum Gasteiger partial charge on any atom is -0.395 e. The van der Waals surface area contributed by atoms with Crippen LogP contribution in [-0.4, -0.2) is 47.3 Å². The lowest BCUT2D eigenvalue weighted by Gasteiger charge is -2.22. The van der Waals surface area contributed by atoms with Crippen molar-refractivity contribution in [3.63, 3.8) is 0 Å². The summed E-state index contributed by atoms with van der Waals surface area (Å²) in [4.78, 5) is 8.00. The van der Waals surface area contributed by atoms with Gasteiger partial charge in [0.15, 0.2) is 0 Å². The molecule has 0 bridgehead atoms. The Morgan fingerprint density at radius 2 is 2.42 bits per heavy atom. The summed E-state index contributed by atoms with van der Waals surface area (Å²) in [5, 5.41) is 13.9. The third-order valence-electron chi connectivity index (χ3n) is 3.73. The number of aryl methyl sites for hydroxylation is 1. The number of aromatic nitrogens is 1. The van der Waals surface area contributed by atoms with Gasteiger partial charge < -0.3 is 10.4 Å². The summed E-state index contributed by atoms with van der Waals surface area (Å²) in [6, 6.07) is 0.424. The molecule has 1 aromatic heterocycles. The van der Waals surface area contributed by atoms with Gasteiger partial charge in [-0.15, -0.1) is 11.3 Å². The molecule has 1 atom stereocenters. The Kier molecular flexibility index (Phi) is 6.23. The molecule has 1 saturated heterocycles. The Morgan fingerprint density at radius 3 is 3.16 bits per heavy atom. The number of unbranched alkanes of at least 4 members (excludes halogenated alkanes) is 1. The van der Waals surface area contributed by atoms with Gasteiger partial charge >= 0.3 is 0 Å². The first-order valence-electron chi connectivity index (χ1n) is 7.26. The Labute approximate surface area is 119 Å². The van der Waals surface area contributed by atoms with Crippen molar-refractivity contribution in [2.24, 2.45) is 0 Å². The largest absolute Gasteiger partial charge is 0.395 e. The molecule has 0 aliphatic carbocycles. The minimum absolute atomic E-state index is 0.322. The second-order valence-electron chi connectivity index (χ2n) is 5.24. The molecule has 1 aromatic rings. The van der Waals surface area contributed by atoms with Crippen molar-refractivity contribution in [1.82, 2.24) is 15.2 Å². The van der Waals surface area contributed by atoms with Crippen LogP contribution in [-0.2, 0) is 6.54 Å². The fourth-order valence-corrected chi connectivity index (χ4v) is 3.42. The molecule has 0 saturated carbocycles. The van der Waals surface area contributed by atoms with Crippen molar-refractivity contribution >= 4 is 11.3 Å². The van der Waals surface area contributed by atoms with E-state index in [4.69, 9.17) is 0 Å². The van der Waals surface area contributed by atoms with Crippen LogP contribution in [0.1, 0.15) is 35.6 Å². The Balaban J connectivity index is 1.50. The summed E-state index contributed by atoms with van der Waals surface area (Å²) in [6.07, 6.45) is 6.79. The van der Waals surface area contributed by atoms with Crippen LogP contribution in [0.15, 0.2) is 6.20 Å². The monoisotopic (exact) mass is 283 g/mol. The highest BCUT2D eigenvalue weighted by molar-refractivity contribution is 7.11. The molecule has 5 heteroatoms. The molecular formula is C14H25N3OS. The summed E-state index contributed by atoms with van der Waals surface area (Å²) >= 11 is 1.77. The highest BCUT2D eigenvalue weighted by Gasteiger charge is 2.22. The first kappa shape index (κ1) is 14.9. The molecule has 1 aliphatic rings. The second kappa shape index (κ2) is 7.94. The van der Waals surface area contributed by atoms with E-state index in [0.717, 1.165) is 24.6 Å². The predicted octanol–water partition coefficient (Wildman–Crippen LogP) is 1.78. The zero-order valence-corrected chi connectivity index (χ0v) is 12.6. The number of rotatable bonds is 8. The van der Waals surface area contributed by atoms with Gasteiger partial charge in [0.05, 0.1) is 11.6 Å². The number of likely N-dealkylation sites (tertiary alicyclic amines) is 1. The quantitative estimate of drug-likeness (QED) is 0.714. The van der Waals surface area contributed by atoms with Gasteiger partial charge in [0, 0.05) is 23.7 Å². The topological polar surface area (TPSA) is 48.4 Å². The number of nitrogens with one attached hydrogen (secondary N) is 1. The Bertz CT molecular complexity index is 369. The number of aliphatic hydroxyl groups excluding tert-OH is 1. The number of nitrogens with zero attached hydrogens (tertiary/aromatic N) is 2. The summed E-state index contributed by atoms with van der Waals surface area (Å²) in [5.74, 6) is 0. The van der Waals surface area contributed by atoms with Crippen molar-refractivity contribution in [2.75, 3.05) is 26.2 Å². The molecule has 2 rings (SSSR count). The van der Waals surface area contributed by atoms with Crippen LogP contribution < -0.4 is 5.32 Å². The van der Waals surface area contributed by atoms with Crippen LogP contribution >= 0.6 is 11.3 Å². The lowest BCUT2D eigenvalue weighted by atomic mass is 10.2. The summed E-state index contributed by atoms with van der Waals surface area (Å²) in [6.45, 7) is 6.67. The SMILES string of the molecule is Cc1ncc(CNCCCCN2CCCC2CO)s1. The van der Waals surface area contributed by atoms with Crippen molar-refractivity contribution < 1.29 is 5.11 Å². The van der Waals surface area contributed by atoms with E-state index in [0.29, 0.717) is 12.6 Å². The molecule has 108 valence electrons. The Morgan fingerprint density at radius 1 is 1.53 bits per heavy atom. The van der Waals surface area contributed by atoms with Gasteiger partial charge in [-0.1, -0.05) is 0 Å². The maximum atomic E-state index is 9.25. The van der Waals surface area contributed by atoms with Crippen molar-refractivity contribution in [2.45, 2.75) is 45.2 Å². The first-order valence-corrected chi connectivity index (χ1v) is 8.08. The highest BCUT2D eigenvalue weighted by atomic mass is 32.1. The third kappa shape index (κ3) is 4.84. The van der Waals surface area contributed by atoms with E-state index in [1.54, 1.807) is 11.3 Å². The maximum Gasteiger partial charge on any atom is 0.0897 e. The maximum absolute atomic E-state index is 9.25. The molecule has 0 aromatic carbocycles. The van der Waals surface area contributed by atoms with Crippen molar-refractivity contribution in [1.29, 1.82) is 0 Å². The first-order chi connectivity index (χ1) is 9.29. The van der Waals surface area contributed by atoms with Crippen LogP contribution in [0.2, 0.25) is 0 Å². The lowest BCUT2D eigenvalue weighted by molar-refractivity contribution is 0.157. The smallest absolute Gasteiger partial charge is 0.0897 e. The van der Waals surface area contributed by atoms with Gasteiger partial charge in [0.25, 0.3) is 0 Å². The Hall–Kier alpha value is -0.490. The molecular weight excluding hydrogens is 258 g/mol. The molecule has 0 amide bonds. The van der Waals surface area contributed by atoms with Gasteiger partial charge in [-0.3, -0.25) is 4.90 Å². The van der Waals surface area contributed by atoms with Gasteiger partial charge in [0.1, 0.15) is 0 Å². The van der Waals surface area contributed by atoms with Gasteiger partial charge in [-0.2, -0.15) is 0 Å². The molecule has 1 aliphatic heterocycles. The zero-order valence-electron chi connectivity index (χ0n) is 11.8. The molecule has 2 N–H and O–H groups in total. The zero-order chi connectivity index (χ0) is 13.5. The molecule has 1 fully saturated rings. The van der Waals surface area contributed by atoms with Crippen molar-refractivity contribution in [3.05, 3.63) is 16.1 Å². The summed E-state index contributed by atoms with van der Waals surface area (Å²) in [5.41, 5.74) is 0. The van der Waals surface area contributed by atoms with Gasteiger partial charge in [0.2, 0.25) is 0 Å². The van der Waals surface area contributed by atoms with Crippen LogP contribution in [0.3, 0.4) is 0 Å². The molecule has 19 heavy (non-hydrogen) atoms. The average Bonchev–Trinajstić information content (AvgIpc) is 3.02. The average molecular weight is 283 g/mol. The number of aliphatic hydroxyl groups is 1. The van der Waals surface area contributed by atoms with E-state index in [1.165, 1.54) is 37.1 Å². The number of thiazole rings is 1. The van der Waals surface area contributed by atoms with E-state index in [9.17, 15) is 5.11 Å². The van der Waals surface area contributed by atoms with E-state index >= 15 is 0 Å². The van der Waals surface area contributed by atoms with Crippen LogP contribution in [0.5, 0.6) is 0 Å². The van der Waals surface area contributed by atoms with E-state index in [1.807, 2.05) is 13.1 Å². The fourth-order valence-electron chi connectivity index (χ4n) is 2.66.